The Balaban J connectivity index is 2.32. The molecule has 5 heteroatoms. The number of hydrogen-bond donors (Lipinski definition) is 2. The van der Waals surface area contributed by atoms with Crippen LogP contribution in [0.2, 0.25) is 0 Å². The first-order chi connectivity index (χ1) is 7.52. The predicted octanol–water partition coefficient (Wildman–Crippen LogP) is 1.64. The molecule has 16 heavy (non-hydrogen) atoms. The van der Waals surface area contributed by atoms with E-state index in [1.165, 1.54) is 0 Å². The lowest BCUT2D eigenvalue weighted by Crippen LogP contribution is -2.46. The van der Waals surface area contributed by atoms with E-state index in [9.17, 15) is 9.59 Å². The first-order valence-corrected chi connectivity index (χ1v) is 6.74. The van der Waals surface area contributed by atoms with Crippen molar-refractivity contribution in [1.29, 1.82) is 0 Å². The molecule has 2 N–H and O–H groups in total. The Kier molecular flexibility index (Phi) is 4.65. The Bertz CT molecular complexity index is 276. The maximum Gasteiger partial charge on any atom is 0.329 e. The second-order valence-electron chi connectivity index (χ2n) is 4.24. The van der Waals surface area contributed by atoms with Crippen LogP contribution in [-0.4, -0.2) is 33.5 Å². The molecule has 0 aromatic carbocycles. The summed E-state index contributed by atoms with van der Waals surface area (Å²) in [5.41, 5.74) is -0.948. The minimum atomic E-state index is -0.948. The van der Waals surface area contributed by atoms with Gasteiger partial charge in [0.25, 0.3) is 0 Å². The van der Waals surface area contributed by atoms with Gasteiger partial charge in [-0.3, -0.25) is 4.79 Å². The highest BCUT2D eigenvalue weighted by Crippen LogP contribution is 2.35. The molecule has 0 aliphatic heterocycles. The first kappa shape index (κ1) is 13.4. The van der Waals surface area contributed by atoms with Crippen molar-refractivity contribution in [3.8, 4) is 0 Å². The molecule has 1 fully saturated rings. The zero-order chi connectivity index (χ0) is 12.2. The number of carbonyl (C=O) groups is 2. The van der Waals surface area contributed by atoms with Crippen LogP contribution in [0.1, 0.15) is 39.5 Å². The Morgan fingerprint density at radius 3 is 2.56 bits per heavy atom. The van der Waals surface area contributed by atoms with Gasteiger partial charge in [-0.15, -0.1) is 11.8 Å². The van der Waals surface area contributed by atoms with Crippen molar-refractivity contribution in [2.45, 2.75) is 50.3 Å². The maximum absolute atomic E-state index is 11.7. The van der Waals surface area contributed by atoms with Gasteiger partial charge in [-0.05, 0) is 31.9 Å². The summed E-state index contributed by atoms with van der Waals surface area (Å²) in [6, 6.07) is 0. The highest BCUT2D eigenvalue weighted by molar-refractivity contribution is 8.00. The maximum atomic E-state index is 11.7. The van der Waals surface area contributed by atoms with Crippen LogP contribution < -0.4 is 5.32 Å². The molecular formula is C11H19NO3S. The molecule has 1 unspecified atom stereocenters. The normalized spacial score (nSPS) is 18.9. The standard InChI is InChI=1S/C11H19NO3S/c1-3-4-7-16-8(2)9(13)12-11(5-6-11)10(14)15/h8H,3-7H2,1-2H3,(H,12,13)(H,14,15). The fourth-order valence-electron chi connectivity index (χ4n) is 1.33. The number of nitrogens with one attached hydrogen (secondary N) is 1. The molecule has 0 bridgehead atoms. The van der Waals surface area contributed by atoms with Crippen LogP contribution in [-0.2, 0) is 9.59 Å². The number of rotatable bonds is 7. The molecule has 1 saturated carbocycles. The summed E-state index contributed by atoms with van der Waals surface area (Å²) >= 11 is 1.58. The van der Waals surface area contributed by atoms with Crippen LogP contribution in [0.3, 0.4) is 0 Å². The van der Waals surface area contributed by atoms with Gasteiger partial charge in [0, 0.05) is 0 Å². The molecule has 1 atom stereocenters. The van der Waals surface area contributed by atoms with E-state index in [2.05, 4.69) is 12.2 Å². The van der Waals surface area contributed by atoms with Crippen LogP contribution in [0.4, 0.5) is 0 Å². The smallest absolute Gasteiger partial charge is 0.329 e. The van der Waals surface area contributed by atoms with E-state index in [0.29, 0.717) is 12.8 Å². The van der Waals surface area contributed by atoms with Crippen LogP contribution in [0.15, 0.2) is 0 Å². The largest absolute Gasteiger partial charge is 0.480 e. The van der Waals surface area contributed by atoms with Crippen molar-refractivity contribution < 1.29 is 14.7 Å². The minimum Gasteiger partial charge on any atom is -0.480 e. The Morgan fingerprint density at radius 1 is 1.50 bits per heavy atom. The lowest BCUT2D eigenvalue weighted by molar-refractivity contribution is -0.143. The van der Waals surface area contributed by atoms with Gasteiger partial charge in [-0.1, -0.05) is 13.3 Å². The van der Waals surface area contributed by atoms with E-state index in [1.807, 2.05) is 6.92 Å². The molecule has 92 valence electrons. The van der Waals surface area contributed by atoms with Crippen molar-refractivity contribution >= 4 is 23.6 Å². The highest BCUT2D eigenvalue weighted by atomic mass is 32.2. The summed E-state index contributed by atoms with van der Waals surface area (Å²) in [7, 11) is 0. The number of unbranched alkanes of at least 4 members (excludes halogenated alkanes) is 1. The molecule has 0 spiro atoms. The summed E-state index contributed by atoms with van der Waals surface area (Å²) in [5.74, 6) is -0.113. The molecule has 4 nitrogen and oxygen atoms in total. The van der Waals surface area contributed by atoms with Crippen molar-refractivity contribution in [3.63, 3.8) is 0 Å². The summed E-state index contributed by atoms with van der Waals surface area (Å²) in [5, 5.41) is 11.4. The number of aliphatic carboxylic acids is 1. The van der Waals surface area contributed by atoms with Gasteiger partial charge in [0.1, 0.15) is 5.54 Å². The number of carboxylic acids is 1. The van der Waals surface area contributed by atoms with Crippen LogP contribution in [0.25, 0.3) is 0 Å². The lowest BCUT2D eigenvalue weighted by atomic mass is 10.2. The number of amides is 1. The number of thioether (sulfide) groups is 1. The Morgan fingerprint density at radius 2 is 2.12 bits per heavy atom. The third kappa shape index (κ3) is 3.40. The molecular weight excluding hydrogens is 226 g/mol. The Hall–Kier alpha value is -0.710. The van der Waals surface area contributed by atoms with E-state index in [1.54, 1.807) is 11.8 Å². The van der Waals surface area contributed by atoms with Gasteiger partial charge < -0.3 is 10.4 Å². The van der Waals surface area contributed by atoms with Crippen molar-refractivity contribution in [2.75, 3.05) is 5.75 Å². The van der Waals surface area contributed by atoms with E-state index >= 15 is 0 Å². The highest BCUT2D eigenvalue weighted by Gasteiger charge is 2.51. The third-order valence-electron chi connectivity index (χ3n) is 2.76. The molecule has 1 rings (SSSR count). The molecule has 0 heterocycles. The van der Waals surface area contributed by atoms with Crippen molar-refractivity contribution in [3.05, 3.63) is 0 Å². The summed E-state index contributed by atoms with van der Waals surface area (Å²) in [6.45, 7) is 3.93. The number of carbonyl (C=O) groups excluding carboxylic acids is 1. The molecule has 0 aromatic rings. The SMILES string of the molecule is CCCCSC(C)C(=O)NC1(C(=O)O)CC1. The quantitative estimate of drug-likeness (QED) is 0.669. The zero-order valence-electron chi connectivity index (χ0n) is 9.78. The molecule has 0 radical (unpaired) electrons. The first-order valence-electron chi connectivity index (χ1n) is 5.69. The molecule has 0 saturated heterocycles. The van der Waals surface area contributed by atoms with E-state index in [0.717, 1.165) is 18.6 Å². The van der Waals surface area contributed by atoms with Crippen molar-refractivity contribution in [1.82, 2.24) is 5.32 Å². The minimum absolute atomic E-state index is 0.152. The average molecular weight is 245 g/mol. The van der Waals surface area contributed by atoms with Gasteiger partial charge >= 0.3 is 5.97 Å². The Labute approximate surface area is 100 Å². The second-order valence-corrected chi connectivity index (χ2v) is 5.69. The second kappa shape index (κ2) is 5.57. The van der Waals surface area contributed by atoms with Gasteiger partial charge in [-0.2, -0.15) is 0 Å². The topological polar surface area (TPSA) is 66.4 Å². The van der Waals surface area contributed by atoms with Gasteiger partial charge in [-0.25, -0.2) is 4.79 Å². The summed E-state index contributed by atoms with van der Waals surface area (Å²) < 4.78 is 0. The monoisotopic (exact) mass is 245 g/mol. The molecule has 0 aromatic heterocycles. The molecule has 1 aliphatic rings. The molecule has 1 amide bonds. The predicted molar refractivity (Wildman–Crippen MR) is 64.6 cm³/mol. The fourth-order valence-corrected chi connectivity index (χ4v) is 2.35. The van der Waals surface area contributed by atoms with E-state index in [4.69, 9.17) is 5.11 Å². The van der Waals surface area contributed by atoms with Crippen LogP contribution >= 0.6 is 11.8 Å². The number of hydrogen-bond acceptors (Lipinski definition) is 3. The summed E-state index contributed by atoms with van der Waals surface area (Å²) in [4.78, 5) is 22.6. The van der Waals surface area contributed by atoms with Crippen LogP contribution in [0, 0.1) is 0 Å². The lowest BCUT2D eigenvalue weighted by Gasteiger charge is -2.16. The summed E-state index contributed by atoms with van der Waals surface area (Å²) in [6.07, 6.45) is 3.31. The van der Waals surface area contributed by atoms with Gasteiger partial charge in [0.05, 0.1) is 5.25 Å². The fraction of sp³-hybridized carbons (Fsp3) is 0.818. The van der Waals surface area contributed by atoms with E-state index < -0.39 is 11.5 Å². The molecule has 1 aliphatic carbocycles. The van der Waals surface area contributed by atoms with Gasteiger partial charge in [0.15, 0.2) is 0 Å². The zero-order valence-corrected chi connectivity index (χ0v) is 10.6. The third-order valence-corrected chi connectivity index (χ3v) is 4.00. The van der Waals surface area contributed by atoms with Crippen LogP contribution in [0.5, 0.6) is 0 Å². The number of carboxylic acid groups (broad SMARTS) is 1. The van der Waals surface area contributed by atoms with Gasteiger partial charge in [0.2, 0.25) is 5.91 Å². The average Bonchev–Trinajstić information content (AvgIpc) is 2.99. The van der Waals surface area contributed by atoms with Crippen molar-refractivity contribution in [2.24, 2.45) is 0 Å². The van der Waals surface area contributed by atoms with E-state index in [-0.39, 0.29) is 11.2 Å².